The van der Waals surface area contributed by atoms with Crippen molar-refractivity contribution >= 4 is 23.5 Å². The fourth-order valence-corrected chi connectivity index (χ4v) is 4.48. The minimum absolute atomic E-state index is 0.0161. The first kappa shape index (κ1) is 33.6. The van der Waals surface area contributed by atoms with Gasteiger partial charge in [0.2, 0.25) is 5.91 Å². The average molecular weight is 626 g/mol. The monoisotopic (exact) mass is 625 g/mol. The maximum Gasteiger partial charge on any atom is 0.490 e. The summed E-state index contributed by atoms with van der Waals surface area (Å²) in [5.41, 5.74) is 1.27. The van der Waals surface area contributed by atoms with Crippen LogP contribution in [-0.2, 0) is 27.3 Å². The van der Waals surface area contributed by atoms with Crippen molar-refractivity contribution in [3.05, 3.63) is 41.2 Å². The highest BCUT2D eigenvalue weighted by atomic mass is 19.4. The Kier molecular flexibility index (Phi) is 11.4. The molecule has 0 aliphatic carbocycles. The number of rotatable bonds is 8. The number of piperidine rings is 1. The molecule has 43 heavy (non-hydrogen) atoms. The number of nitrogens with zero attached hydrogens (tertiary/aromatic N) is 4. The zero-order valence-corrected chi connectivity index (χ0v) is 23.1. The van der Waals surface area contributed by atoms with Crippen LogP contribution in [0.25, 0.3) is 0 Å². The first-order chi connectivity index (χ1) is 20.2. The third kappa shape index (κ3) is 9.30. The lowest BCUT2D eigenvalue weighted by Gasteiger charge is -2.37. The Morgan fingerprint density at radius 1 is 1.14 bits per heavy atom. The summed E-state index contributed by atoms with van der Waals surface area (Å²) in [6.45, 7) is 2.46. The highest BCUT2D eigenvalue weighted by molar-refractivity contribution is 5.78. The molecule has 238 valence electrons. The molecule has 0 bridgehead atoms. The Hall–Kier alpha value is -3.89. The summed E-state index contributed by atoms with van der Waals surface area (Å²) in [5.74, 6) is -3.69. The van der Waals surface area contributed by atoms with Gasteiger partial charge in [-0.3, -0.25) is 4.79 Å². The molecule has 1 aromatic heterocycles. The maximum absolute atomic E-state index is 14.0. The third-order valence-electron chi connectivity index (χ3n) is 6.56. The van der Waals surface area contributed by atoms with Crippen molar-refractivity contribution in [3.63, 3.8) is 0 Å². The quantitative estimate of drug-likeness (QED) is 0.420. The molecule has 10 nitrogen and oxygen atoms in total. The molecule has 2 N–H and O–H groups in total. The molecule has 0 saturated carbocycles. The van der Waals surface area contributed by atoms with E-state index in [1.54, 1.807) is 4.90 Å². The number of halogens is 7. The molecular weight excluding hydrogens is 595 g/mol. The molecular formula is C26H30F7N5O5. The van der Waals surface area contributed by atoms with E-state index in [9.17, 15) is 35.5 Å². The number of benzene rings is 1. The van der Waals surface area contributed by atoms with Gasteiger partial charge in [0, 0.05) is 51.6 Å². The van der Waals surface area contributed by atoms with E-state index >= 15 is 0 Å². The SMILES string of the molecule is COCC(=O)N1Cc2nc(N3CCC(Oc4ccc(F)cc4F)CC3)c(NCC(F)F)nc2CC1C.O=C(O)C(F)(F)F. The largest absolute Gasteiger partial charge is 0.490 e. The van der Waals surface area contributed by atoms with E-state index in [4.69, 9.17) is 24.4 Å². The molecule has 1 unspecified atom stereocenters. The second-order valence-electron chi connectivity index (χ2n) is 9.75. The minimum Gasteiger partial charge on any atom is -0.487 e. The number of anilines is 2. The van der Waals surface area contributed by atoms with E-state index in [-0.39, 0.29) is 42.8 Å². The van der Waals surface area contributed by atoms with E-state index < -0.39 is 36.8 Å². The number of methoxy groups -OCH3 is 1. The summed E-state index contributed by atoms with van der Waals surface area (Å²) in [4.78, 5) is 34.3. The van der Waals surface area contributed by atoms with E-state index in [2.05, 4.69) is 10.3 Å². The van der Waals surface area contributed by atoms with E-state index in [1.165, 1.54) is 13.2 Å². The number of nitrogens with one attached hydrogen (secondary N) is 1. The molecule has 1 atom stereocenters. The van der Waals surface area contributed by atoms with Crippen LogP contribution >= 0.6 is 0 Å². The lowest BCUT2D eigenvalue weighted by Crippen LogP contribution is -2.45. The summed E-state index contributed by atoms with van der Waals surface area (Å²) in [5, 5.41) is 9.84. The lowest BCUT2D eigenvalue weighted by atomic mass is 10.0. The second kappa shape index (κ2) is 14.5. The lowest BCUT2D eigenvalue weighted by molar-refractivity contribution is -0.192. The third-order valence-corrected chi connectivity index (χ3v) is 6.56. The summed E-state index contributed by atoms with van der Waals surface area (Å²) < 4.78 is 95.5. The first-order valence-electron chi connectivity index (χ1n) is 13.1. The van der Waals surface area contributed by atoms with Crippen LogP contribution in [-0.4, -0.2) is 89.9 Å². The molecule has 0 spiro atoms. The molecule has 4 rings (SSSR count). The van der Waals surface area contributed by atoms with Crippen molar-refractivity contribution in [1.82, 2.24) is 14.9 Å². The second-order valence-corrected chi connectivity index (χ2v) is 9.75. The Bertz CT molecular complexity index is 1280. The summed E-state index contributed by atoms with van der Waals surface area (Å²) in [7, 11) is 1.46. The molecule has 0 radical (unpaired) electrons. The van der Waals surface area contributed by atoms with Crippen molar-refractivity contribution in [1.29, 1.82) is 0 Å². The molecule has 2 aromatic rings. The van der Waals surface area contributed by atoms with E-state index in [0.29, 0.717) is 49.6 Å². The van der Waals surface area contributed by atoms with Crippen LogP contribution in [0.1, 0.15) is 31.2 Å². The Labute approximate surface area is 241 Å². The molecule has 1 amide bonds. The molecule has 3 heterocycles. The van der Waals surface area contributed by atoms with Gasteiger partial charge in [-0.25, -0.2) is 32.3 Å². The zero-order valence-electron chi connectivity index (χ0n) is 23.1. The van der Waals surface area contributed by atoms with Crippen LogP contribution in [0.15, 0.2) is 18.2 Å². The summed E-state index contributed by atoms with van der Waals surface area (Å²) in [6, 6.07) is 3.03. The number of ether oxygens (including phenoxy) is 2. The fourth-order valence-electron chi connectivity index (χ4n) is 4.48. The normalized spacial score (nSPS) is 17.2. The molecule has 17 heteroatoms. The number of aliphatic carboxylic acids is 1. The standard InChI is InChI=1S/C24H29F4N5O3.C2HF3O2/c1-14-9-18-19(12-33(14)22(34)13-35-2)31-24(23(30-18)29-11-21(27)28)32-7-5-16(6-8-32)36-20-4-3-15(25)10-17(20)26;3-2(4,5)1(6)7/h3-4,10,14,16,21H,5-9,11-13H2,1-2H3,(H,29,30);(H,6,7). The van der Waals surface area contributed by atoms with Crippen molar-refractivity contribution in [2.24, 2.45) is 0 Å². The smallest absolute Gasteiger partial charge is 0.487 e. The maximum atomic E-state index is 14.0. The van der Waals surface area contributed by atoms with Crippen LogP contribution in [0, 0.1) is 11.6 Å². The van der Waals surface area contributed by atoms with Crippen LogP contribution in [0.2, 0.25) is 0 Å². The highest BCUT2D eigenvalue weighted by Crippen LogP contribution is 2.31. The molecule has 1 fully saturated rings. The number of hydrogen-bond donors (Lipinski definition) is 2. The predicted molar refractivity (Wildman–Crippen MR) is 138 cm³/mol. The van der Waals surface area contributed by atoms with E-state index in [1.807, 2.05) is 11.8 Å². The van der Waals surface area contributed by atoms with Gasteiger partial charge in [-0.1, -0.05) is 0 Å². The van der Waals surface area contributed by atoms with Gasteiger partial charge < -0.3 is 29.7 Å². The van der Waals surface area contributed by atoms with Crippen LogP contribution in [0.4, 0.5) is 42.4 Å². The number of amides is 1. The van der Waals surface area contributed by atoms with Crippen LogP contribution in [0.3, 0.4) is 0 Å². The van der Waals surface area contributed by atoms with Crippen molar-refractivity contribution < 1.29 is 54.9 Å². The number of carboxylic acid groups (broad SMARTS) is 1. The number of carbonyl (C=O) groups excluding carboxylic acids is 1. The van der Waals surface area contributed by atoms with Gasteiger partial charge in [-0.05, 0) is 19.1 Å². The molecule has 2 aliphatic heterocycles. The van der Waals surface area contributed by atoms with Crippen molar-refractivity contribution in [3.8, 4) is 5.75 Å². The predicted octanol–water partition coefficient (Wildman–Crippen LogP) is 4.03. The average Bonchev–Trinajstić information content (AvgIpc) is 2.93. The van der Waals surface area contributed by atoms with Gasteiger partial charge in [0.15, 0.2) is 23.2 Å². The topological polar surface area (TPSA) is 117 Å². The minimum atomic E-state index is -5.08. The van der Waals surface area contributed by atoms with E-state index in [0.717, 1.165) is 12.1 Å². The summed E-state index contributed by atoms with van der Waals surface area (Å²) in [6.07, 6.45) is -6.48. The number of carboxylic acids is 1. The first-order valence-corrected chi connectivity index (χ1v) is 13.1. The highest BCUT2D eigenvalue weighted by Gasteiger charge is 2.38. The zero-order chi connectivity index (χ0) is 31.9. The Balaban J connectivity index is 0.000000646. The molecule has 2 aliphatic rings. The van der Waals surface area contributed by atoms with Crippen LogP contribution < -0.4 is 15.0 Å². The van der Waals surface area contributed by atoms with Gasteiger partial charge in [-0.15, -0.1) is 0 Å². The van der Waals surface area contributed by atoms with Crippen molar-refractivity contribution in [2.75, 3.05) is 43.6 Å². The van der Waals surface area contributed by atoms with Gasteiger partial charge in [-0.2, -0.15) is 13.2 Å². The van der Waals surface area contributed by atoms with Crippen LogP contribution in [0.5, 0.6) is 5.75 Å². The Morgan fingerprint density at radius 2 is 1.79 bits per heavy atom. The Morgan fingerprint density at radius 3 is 2.35 bits per heavy atom. The van der Waals surface area contributed by atoms with Crippen molar-refractivity contribution in [2.45, 2.75) is 57.5 Å². The molecule has 1 saturated heterocycles. The van der Waals surface area contributed by atoms with Gasteiger partial charge in [0.1, 0.15) is 18.5 Å². The number of aromatic nitrogens is 2. The van der Waals surface area contributed by atoms with Gasteiger partial charge in [0.05, 0.1) is 24.5 Å². The number of hydrogen-bond acceptors (Lipinski definition) is 8. The number of carbonyl (C=O) groups is 2. The molecule has 1 aromatic carbocycles. The van der Waals surface area contributed by atoms with Gasteiger partial charge >= 0.3 is 12.1 Å². The number of alkyl halides is 5. The van der Waals surface area contributed by atoms with Gasteiger partial charge in [0.25, 0.3) is 6.43 Å². The fraction of sp³-hybridized carbons (Fsp3) is 0.538. The number of fused-ring (bicyclic) bond motifs is 1. The summed E-state index contributed by atoms with van der Waals surface area (Å²) >= 11 is 0.